The average molecular weight is 433 g/mol. The molecule has 1 saturated carbocycles. The largest absolute Gasteiger partial charge is 0.322 e. The van der Waals surface area contributed by atoms with Gasteiger partial charge in [0, 0.05) is 28.3 Å². The van der Waals surface area contributed by atoms with Crippen molar-refractivity contribution in [3.8, 4) is 17.1 Å². The van der Waals surface area contributed by atoms with Crippen molar-refractivity contribution < 1.29 is 4.79 Å². The van der Waals surface area contributed by atoms with Crippen LogP contribution in [0.15, 0.2) is 54.6 Å². The number of hydrogen-bond acceptors (Lipinski definition) is 4. The average Bonchev–Trinajstić information content (AvgIpc) is 3.39. The second-order valence-corrected chi connectivity index (χ2v) is 8.24. The first kappa shape index (κ1) is 19.5. The first-order valence-corrected chi connectivity index (χ1v) is 10.5. The molecular formula is C23H21ClN6O. The summed E-state index contributed by atoms with van der Waals surface area (Å²) < 4.78 is 3.94. The molecule has 31 heavy (non-hydrogen) atoms. The maximum absolute atomic E-state index is 13.1. The van der Waals surface area contributed by atoms with Crippen molar-refractivity contribution in [1.82, 2.24) is 24.8 Å². The Morgan fingerprint density at radius 2 is 1.84 bits per heavy atom. The van der Waals surface area contributed by atoms with E-state index in [0.29, 0.717) is 28.1 Å². The zero-order chi connectivity index (χ0) is 21.5. The lowest BCUT2D eigenvalue weighted by Crippen LogP contribution is -2.13. The van der Waals surface area contributed by atoms with Gasteiger partial charge in [0.1, 0.15) is 0 Å². The summed E-state index contributed by atoms with van der Waals surface area (Å²) in [6, 6.07) is 17.5. The van der Waals surface area contributed by atoms with Gasteiger partial charge >= 0.3 is 0 Å². The fraction of sp³-hybridized carbons (Fsp3) is 0.217. The minimum atomic E-state index is -0.270. The second-order valence-electron chi connectivity index (χ2n) is 7.83. The van der Waals surface area contributed by atoms with E-state index in [-0.39, 0.29) is 5.91 Å². The Labute approximate surface area is 184 Å². The van der Waals surface area contributed by atoms with Crippen molar-refractivity contribution in [3.05, 3.63) is 76.6 Å². The summed E-state index contributed by atoms with van der Waals surface area (Å²) in [5.41, 5.74) is 5.00. The molecule has 7 nitrogen and oxygen atoms in total. The van der Waals surface area contributed by atoms with E-state index in [1.165, 1.54) is 0 Å². The summed E-state index contributed by atoms with van der Waals surface area (Å²) in [6.07, 6.45) is 2.17. The number of halogens is 1. The molecule has 156 valence electrons. The van der Waals surface area contributed by atoms with Crippen molar-refractivity contribution in [1.29, 1.82) is 0 Å². The van der Waals surface area contributed by atoms with E-state index in [1.54, 1.807) is 6.07 Å². The quantitative estimate of drug-likeness (QED) is 0.482. The number of benzene rings is 2. The standard InChI is InChI=1S/C23H21ClN6O/c1-14-6-7-15(2)29(14)19-10-11-21(24)20(13-19)23(31)25-17-5-3-4-16(12-17)22-26-27-28-30(22)18-8-9-18/h3-7,10-13,18H,8-9H2,1-2H3,(H,25,31). The van der Waals surface area contributed by atoms with Crippen molar-refractivity contribution in [3.63, 3.8) is 0 Å². The van der Waals surface area contributed by atoms with Gasteiger partial charge in [0.15, 0.2) is 5.82 Å². The number of hydrogen-bond donors (Lipinski definition) is 1. The Kier molecular flexibility index (Phi) is 4.82. The van der Waals surface area contributed by atoms with Crippen LogP contribution < -0.4 is 5.32 Å². The molecular weight excluding hydrogens is 412 g/mol. The maximum atomic E-state index is 13.1. The molecule has 4 aromatic rings. The molecule has 1 aliphatic rings. The number of anilines is 1. The van der Waals surface area contributed by atoms with Crippen LogP contribution in [-0.2, 0) is 0 Å². The number of amides is 1. The van der Waals surface area contributed by atoms with Gasteiger partial charge in [0.05, 0.1) is 16.6 Å². The monoisotopic (exact) mass is 432 g/mol. The van der Waals surface area contributed by atoms with E-state index >= 15 is 0 Å². The highest BCUT2D eigenvalue weighted by Crippen LogP contribution is 2.37. The van der Waals surface area contributed by atoms with Crippen LogP contribution in [0.5, 0.6) is 0 Å². The Bertz CT molecular complexity index is 1270. The van der Waals surface area contributed by atoms with Gasteiger partial charge in [-0.3, -0.25) is 4.79 Å². The lowest BCUT2D eigenvalue weighted by atomic mass is 10.1. The summed E-state index contributed by atoms with van der Waals surface area (Å²) in [5, 5.41) is 15.4. The molecule has 0 saturated heterocycles. The van der Waals surface area contributed by atoms with Crippen LogP contribution in [0.3, 0.4) is 0 Å². The van der Waals surface area contributed by atoms with Crippen LogP contribution in [0.1, 0.15) is 40.6 Å². The molecule has 1 amide bonds. The minimum absolute atomic E-state index is 0.270. The zero-order valence-electron chi connectivity index (χ0n) is 17.2. The third-order valence-electron chi connectivity index (χ3n) is 5.49. The molecule has 0 bridgehead atoms. The molecule has 0 spiro atoms. The van der Waals surface area contributed by atoms with E-state index < -0.39 is 0 Å². The van der Waals surface area contributed by atoms with Crippen LogP contribution in [0, 0.1) is 13.8 Å². The topological polar surface area (TPSA) is 77.6 Å². The first-order valence-electron chi connectivity index (χ1n) is 10.2. The Balaban J connectivity index is 1.43. The van der Waals surface area contributed by atoms with Crippen molar-refractivity contribution >= 4 is 23.2 Å². The number of carbonyl (C=O) groups is 1. The molecule has 5 rings (SSSR count). The Morgan fingerprint density at radius 3 is 2.58 bits per heavy atom. The number of rotatable bonds is 5. The number of nitrogens with one attached hydrogen (secondary N) is 1. The van der Waals surface area contributed by atoms with Gasteiger partial charge in [-0.05, 0) is 79.6 Å². The summed E-state index contributed by atoms with van der Waals surface area (Å²) >= 11 is 6.37. The second kappa shape index (κ2) is 7.67. The van der Waals surface area contributed by atoms with Crippen LogP contribution in [0.25, 0.3) is 17.1 Å². The summed E-state index contributed by atoms with van der Waals surface area (Å²) in [4.78, 5) is 13.1. The van der Waals surface area contributed by atoms with Gasteiger partial charge in [0.2, 0.25) is 0 Å². The number of nitrogens with zero attached hydrogens (tertiary/aromatic N) is 5. The molecule has 1 aliphatic carbocycles. The number of aromatic nitrogens is 5. The van der Waals surface area contributed by atoms with Crippen LogP contribution >= 0.6 is 11.6 Å². The van der Waals surface area contributed by atoms with Gasteiger partial charge in [-0.2, -0.15) is 0 Å². The first-order chi connectivity index (χ1) is 15.0. The van der Waals surface area contributed by atoms with Crippen LogP contribution in [0.4, 0.5) is 5.69 Å². The normalized spacial score (nSPS) is 13.4. The maximum Gasteiger partial charge on any atom is 0.257 e. The highest BCUT2D eigenvalue weighted by molar-refractivity contribution is 6.34. The molecule has 0 unspecified atom stereocenters. The van der Waals surface area contributed by atoms with E-state index in [9.17, 15) is 4.79 Å². The highest BCUT2D eigenvalue weighted by Gasteiger charge is 2.28. The SMILES string of the molecule is Cc1ccc(C)n1-c1ccc(Cl)c(C(=O)Nc2cccc(-c3nnnn3C3CC3)c2)c1. The van der Waals surface area contributed by atoms with Crippen molar-refractivity contribution in [2.75, 3.05) is 5.32 Å². The minimum Gasteiger partial charge on any atom is -0.322 e. The summed E-state index contributed by atoms with van der Waals surface area (Å²) in [7, 11) is 0. The lowest BCUT2D eigenvalue weighted by molar-refractivity contribution is 0.102. The van der Waals surface area contributed by atoms with Gasteiger partial charge in [0.25, 0.3) is 5.91 Å². The molecule has 1 N–H and O–H groups in total. The molecule has 0 atom stereocenters. The van der Waals surface area contributed by atoms with E-state index in [1.807, 2.05) is 67.1 Å². The van der Waals surface area contributed by atoms with Gasteiger partial charge in [-0.25, -0.2) is 4.68 Å². The third-order valence-corrected chi connectivity index (χ3v) is 5.82. The molecule has 2 aromatic heterocycles. The smallest absolute Gasteiger partial charge is 0.257 e. The van der Waals surface area contributed by atoms with Crippen LogP contribution in [0.2, 0.25) is 5.02 Å². The van der Waals surface area contributed by atoms with Gasteiger partial charge in [-0.15, -0.1) is 5.10 Å². The third kappa shape index (κ3) is 3.72. The number of carbonyl (C=O) groups excluding carboxylic acids is 1. The lowest BCUT2D eigenvalue weighted by Gasteiger charge is -2.13. The Hall–Kier alpha value is -3.45. The molecule has 2 heterocycles. The van der Waals surface area contributed by atoms with Gasteiger partial charge in [-0.1, -0.05) is 23.7 Å². The Morgan fingerprint density at radius 1 is 1.06 bits per heavy atom. The highest BCUT2D eigenvalue weighted by atomic mass is 35.5. The predicted molar refractivity (Wildman–Crippen MR) is 120 cm³/mol. The molecule has 1 fully saturated rings. The summed E-state index contributed by atoms with van der Waals surface area (Å²) in [5.74, 6) is 0.436. The fourth-order valence-corrected chi connectivity index (χ4v) is 3.99. The van der Waals surface area contributed by atoms with Gasteiger partial charge < -0.3 is 9.88 Å². The number of tetrazole rings is 1. The van der Waals surface area contributed by atoms with Crippen molar-refractivity contribution in [2.24, 2.45) is 0 Å². The van der Waals surface area contributed by atoms with E-state index in [2.05, 4.69) is 25.4 Å². The van der Waals surface area contributed by atoms with E-state index in [0.717, 1.165) is 35.5 Å². The van der Waals surface area contributed by atoms with Crippen molar-refractivity contribution in [2.45, 2.75) is 32.7 Å². The summed E-state index contributed by atoms with van der Waals surface area (Å²) in [6.45, 7) is 4.06. The molecule has 0 aliphatic heterocycles. The molecule has 2 aromatic carbocycles. The molecule has 0 radical (unpaired) electrons. The predicted octanol–water partition coefficient (Wildman–Crippen LogP) is 4.99. The van der Waals surface area contributed by atoms with Crippen LogP contribution in [-0.4, -0.2) is 30.7 Å². The molecule has 8 heteroatoms. The zero-order valence-corrected chi connectivity index (χ0v) is 18.0. The van der Waals surface area contributed by atoms with E-state index in [4.69, 9.17) is 11.6 Å². The number of aryl methyl sites for hydroxylation is 2. The fourth-order valence-electron chi connectivity index (χ4n) is 3.79.